The summed E-state index contributed by atoms with van der Waals surface area (Å²) in [4.78, 5) is 0. The second-order valence-electron chi connectivity index (χ2n) is 2.54. The van der Waals surface area contributed by atoms with Crippen molar-refractivity contribution >= 4 is 11.9 Å². The Kier molecular flexibility index (Phi) is 5.70. The molecule has 0 radical (unpaired) electrons. The van der Waals surface area contributed by atoms with E-state index in [1.165, 1.54) is 13.2 Å². The van der Waals surface area contributed by atoms with Crippen molar-refractivity contribution in [3.05, 3.63) is 35.9 Å². The minimum Gasteiger partial charge on any atom is -0.493 e. The number of nitrogens with one attached hydrogen (secondary N) is 1. The first-order valence-electron chi connectivity index (χ1n) is 4.16. The molecule has 3 N–H and O–H groups in total. The van der Waals surface area contributed by atoms with Gasteiger partial charge in [-0.2, -0.15) is 5.10 Å². The van der Waals surface area contributed by atoms with E-state index in [9.17, 15) is 4.39 Å². The molecule has 0 aromatic heterocycles. The molecule has 0 bridgehead atoms. The SMILES string of the molecule is C=C(F)/C(OC)=C(\C=C/C)C(=N)/C=N\N. The lowest BCUT2D eigenvalue weighted by molar-refractivity contribution is 0.282. The molecule has 0 aliphatic carbocycles. The lowest BCUT2D eigenvalue weighted by Gasteiger charge is -2.07. The van der Waals surface area contributed by atoms with Crippen LogP contribution >= 0.6 is 0 Å². The molecule has 15 heavy (non-hydrogen) atoms. The van der Waals surface area contributed by atoms with Crippen LogP contribution in [0.1, 0.15) is 6.92 Å². The average Bonchev–Trinajstić information content (AvgIpc) is 2.17. The molecule has 0 unspecified atom stereocenters. The van der Waals surface area contributed by atoms with Gasteiger partial charge in [0.15, 0.2) is 11.6 Å². The maximum atomic E-state index is 13.0. The van der Waals surface area contributed by atoms with Crippen LogP contribution in [0.3, 0.4) is 0 Å². The maximum absolute atomic E-state index is 13.0. The normalized spacial score (nSPS) is 13.0. The minimum absolute atomic E-state index is 0.0498. The van der Waals surface area contributed by atoms with Gasteiger partial charge < -0.3 is 10.6 Å². The molecule has 0 aliphatic rings. The number of rotatable bonds is 5. The summed E-state index contributed by atoms with van der Waals surface area (Å²) in [6.45, 7) is 4.85. The zero-order valence-electron chi connectivity index (χ0n) is 8.75. The van der Waals surface area contributed by atoms with Crippen molar-refractivity contribution < 1.29 is 9.13 Å². The molecule has 0 spiro atoms. The van der Waals surface area contributed by atoms with Crippen molar-refractivity contribution in [2.45, 2.75) is 6.92 Å². The fraction of sp³-hybridized carbons (Fsp3) is 0.200. The van der Waals surface area contributed by atoms with Crippen molar-refractivity contribution in [2.75, 3.05) is 7.11 Å². The monoisotopic (exact) mass is 211 g/mol. The number of nitrogens with zero attached hydrogens (tertiary/aromatic N) is 1. The van der Waals surface area contributed by atoms with E-state index in [-0.39, 0.29) is 17.0 Å². The number of methoxy groups -OCH3 is 1. The van der Waals surface area contributed by atoms with Gasteiger partial charge in [0.2, 0.25) is 0 Å². The molecule has 0 heterocycles. The maximum Gasteiger partial charge on any atom is 0.163 e. The predicted octanol–water partition coefficient (Wildman–Crippen LogP) is 1.91. The minimum atomic E-state index is -0.749. The van der Waals surface area contributed by atoms with Gasteiger partial charge in [0.25, 0.3) is 0 Å². The molecule has 0 aromatic rings. The molecule has 82 valence electrons. The number of hydrogen-bond donors (Lipinski definition) is 2. The van der Waals surface area contributed by atoms with E-state index < -0.39 is 5.83 Å². The van der Waals surface area contributed by atoms with E-state index in [0.717, 1.165) is 6.21 Å². The van der Waals surface area contributed by atoms with Crippen LogP contribution in [0.4, 0.5) is 4.39 Å². The average molecular weight is 211 g/mol. The lowest BCUT2D eigenvalue weighted by Crippen LogP contribution is -2.07. The summed E-state index contributed by atoms with van der Waals surface area (Å²) in [7, 11) is 1.30. The Morgan fingerprint density at radius 2 is 2.20 bits per heavy atom. The molecule has 0 aromatic carbocycles. The van der Waals surface area contributed by atoms with Gasteiger partial charge in [-0.3, -0.25) is 5.41 Å². The topological polar surface area (TPSA) is 71.5 Å². The molecule has 5 heteroatoms. The van der Waals surface area contributed by atoms with Gasteiger partial charge >= 0.3 is 0 Å². The Labute approximate surface area is 88.1 Å². The number of allylic oxidation sites excluding steroid dienone is 4. The van der Waals surface area contributed by atoms with E-state index >= 15 is 0 Å². The highest BCUT2D eigenvalue weighted by molar-refractivity contribution is 6.37. The summed E-state index contributed by atoms with van der Waals surface area (Å²) in [5.41, 5.74) is 0.188. The van der Waals surface area contributed by atoms with Crippen LogP contribution in [-0.2, 0) is 4.74 Å². The highest BCUT2D eigenvalue weighted by Gasteiger charge is 2.11. The van der Waals surface area contributed by atoms with Gasteiger partial charge in [0.05, 0.1) is 19.0 Å². The summed E-state index contributed by atoms with van der Waals surface area (Å²) < 4.78 is 17.8. The highest BCUT2D eigenvalue weighted by atomic mass is 19.1. The van der Waals surface area contributed by atoms with Crippen molar-refractivity contribution in [3.63, 3.8) is 0 Å². The largest absolute Gasteiger partial charge is 0.493 e. The van der Waals surface area contributed by atoms with Crippen molar-refractivity contribution in [3.8, 4) is 0 Å². The summed E-state index contributed by atoms with van der Waals surface area (Å²) in [6, 6.07) is 0. The Morgan fingerprint density at radius 3 is 2.53 bits per heavy atom. The number of halogens is 1. The molecule has 0 rings (SSSR count). The van der Waals surface area contributed by atoms with Gasteiger partial charge in [-0.1, -0.05) is 18.7 Å². The molecule has 0 aliphatic heterocycles. The van der Waals surface area contributed by atoms with Crippen LogP contribution in [-0.4, -0.2) is 19.0 Å². The van der Waals surface area contributed by atoms with Crippen LogP contribution in [0.2, 0.25) is 0 Å². The number of nitrogens with two attached hydrogens (primary N) is 1. The smallest absolute Gasteiger partial charge is 0.163 e. The third-order valence-electron chi connectivity index (χ3n) is 1.52. The molecular formula is C10H14FN3O. The summed E-state index contributed by atoms with van der Waals surface area (Å²) >= 11 is 0. The van der Waals surface area contributed by atoms with Gasteiger partial charge in [-0.25, -0.2) is 4.39 Å². The van der Waals surface area contributed by atoms with Crippen molar-refractivity contribution in [1.82, 2.24) is 0 Å². The Balaban J connectivity index is 5.43. The molecule has 0 saturated heterocycles. The standard InChI is InChI=1S/C10H14FN3O/c1-4-5-8(9(12)6-14-13)10(15-3)7(2)11/h4-6,12H,2,13H2,1,3H3/b5-4-,10-8-,12-9?,14-6-. The van der Waals surface area contributed by atoms with E-state index in [0.29, 0.717) is 0 Å². The lowest BCUT2D eigenvalue weighted by atomic mass is 10.1. The highest BCUT2D eigenvalue weighted by Crippen LogP contribution is 2.17. The van der Waals surface area contributed by atoms with E-state index in [1.54, 1.807) is 13.0 Å². The molecule has 0 fully saturated rings. The quantitative estimate of drug-likeness (QED) is 0.240. The Hall–Kier alpha value is -1.91. The first kappa shape index (κ1) is 13.1. The van der Waals surface area contributed by atoms with Gasteiger partial charge in [0.1, 0.15) is 0 Å². The fourth-order valence-corrected chi connectivity index (χ4v) is 0.965. The zero-order valence-corrected chi connectivity index (χ0v) is 8.75. The van der Waals surface area contributed by atoms with E-state index in [1.807, 2.05) is 0 Å². The first-order valence-corrected chi connectivity index (χ1v) is 4.16. The van der Waals surface area contributed by atoms with Crippen LogP contribution in [0.5, 0.6) is 0 Å². The third-order valence-corrected chi connectivity index (χ3v) is 1.52. The second-order valence-corrected chi connectivity index (χ2v) is 2.54. The van der Waals surface area contributed by atoms with E-state index in [2.05, 4.69) is 11.7 Å². The van der Waals surface area contributed by atoms with Crippen LogP contribution in [0, 0.1) is 5.41 Å². The number of hydrogen-bond acceptors (Lipinski definition) is 4. The molecule has 0 amide bonds. The van der Waals surface area contributed by atoms with E-state index in [4.69, 9.17) is 16.0 Å². The number of hydrazone groups is 1. The molecule has 0 saturated carbocycles. The zero-order chi connectivity index (χ0) is 11.8. The Bertz CT molecular complexity index is 343. The third kappa shape index (κ3) is 3.76. The van der Waals surface area contributed by atoms with Crippen molar-refractivity contribution in [2.24, 2.45) is 10.9 Å². The van der Waals surface area contributed by atoms with Gasteiger partial charge in [0, 0.05) is 5.57 Å². The Morgan fingerprint density at radius 1 is 1.60 bits per heavy atom. The van der Waals surface area contributed by atoms with Crippen LogP contribution in [0.25, 0.3) is 0 Å². The van der Waals surface area contributed by atoms with Crippen LogP contribution in [0.15, 0.2) is 41.0 Å². The summed E-state index contributed by atoms with van der Waals surface area (Å²) in [5, 5.41) is 10.7. The summed E-state index contributed by atoms with van der Waals surface area (Å²) in [5.74, 6) is 4.06. The predicted molar refractivity (Wildman–Crippen MR) is 59.5 cm³/mol. The van der Waals surface area contributed by atoms with Gasteiger partial charge in [-0.15, -0.1) is 0 Å². The number of ether oxygens (including phenoxy) is 1. The molecular weight excluding hydrogens is 197 g/mol. The molecule has 4 nitrogen and oxygen atoms in total. The van der Waals surface area contributed by atoms with Gasteiger partial charge in [-0.05, 0) is 6.92 Å². The van der Waals surface area contributed by atoms with Crippen LogP contribution < -0.4 is 5.84 Å². The second kappa shape index (κ2) is 6.53. The fourth-order valence-electron chi connectivity index (χ4n) is 0.965. The molecule has 0 atom stereocenters. The van der Waals surface area contributed by atoms with Crippen molar-refractivity contribution in [1.29, 1.82) is 5.41 Å². The first-order chi connectivity index (χ1) is 7.08. The summed E-state index contributed by atoms with van der Waals surface area (Å²) in [6.07, 6.45) is 4.26.